The first-order valence-corrected chi connectivity index (χ1v) is 7.77. The van der Waals surface area contributed by atoms with Crippen molar-refractivity contribution < 1.29 is 14.7 Å². The lowest BCUT2D eigenvalue weighted by Gasteiger charge is -2.05. The molecule has 0 bridgehead atoms. The summed E-state index contributed by atoms with van der Waals surface area (Å²) in [4.78, 5) is 26.9. The van der Waals surface area contributed by atoms with Gasteiger partial charge in [-0.3, -0.25) is 9.59 Å². The molecule has 0 atom stereocenters. The Hall–Kier alpha value is -3.08. The number of ketones is 1. The number of nitrogens with one attached hydrogen (secondary N) is 1. The van der Waals surface area contributed by atoms with E-state index in [0.29, 0.717) is 24.8 Å². The predicted molar refractivity (Wildman–Crippen MR) is 92.2 cm³/mol. The Morgan fingerprint density at radius 1 is 1.08 bits per heavy atom. The van der Waals surface area contributed by atoms with E-state index in [4.69, 9.17) is 5.73 Å². The topological polar surface area (TPSA) is 96.2 Å². The van der Waals surface area contributed by atoms with Crippen molar-refractivity contribution in [3.8, 4) is 5.75 Å². The first kappa shape index (κ1) is 15.8. The zero-order valence-electron chi connectivity index (χ0n) is 13.1. The van der Waals surface area contributed by atoms with Crippen LogP contribution in [-0.4, -0.2) is 21.8 Å². The van der Waals surface area contributed by atoms with Gasteiger partial charge in [-0.25, -0.2) is 0 Å². The van der Waals surface area contributed by atoms with Crippen molar-refractivity contribution in [2.45, 2.75) is 19.3 Å². The molecule has 0 aliphatic rings. The molecule has 5 heteroatoms. The van der Waals surface area contributed by atoms with Crippen LogP contribution in [0.2, 0.25) is 0 Å². The Morgan fingerprint density at radius 3 is 2.58 bits per heavy atom. The molecule has 2 aromatic carbocycles. The molecular formula is C19H18N2O3. The monoisotopic (exact) mass is 322 g/mol. The number of carbonyl (C=O) groups excluding carboxylic acids is 2. The van der Waals surface area contributed by atoms with Crippen LogP contribution >= 0.6 is 0 Å². The van der Waals surface area contributed by atoms with E-state index in [2.05, 4.69) is 4.98 Å². The molecule has 0 saturated heterocycles. The van der Waals surface area contributed by atoms with Gasteiger partial charge in [0.1, 0.15) is 5.75 Å². The van der Waals surface area contributed by atoms with E-state index in [1.807, 2.05) is 12.3 Å². The van der Waals surface area contributed by atoms with Gasteiger partial charge in [0.2, 0.25) is 5.91 Å². The lowest BCUT2D eigenvalue weighted by atomic mass is 9.98. The standard InChI is InChI=1S/C19H18N2O3/c20-19(24)15-6-2-1-5-14(15)18(23)7-3-4-12-11-21-17-9-8-13(22)10-16(12)17/h1-2,5-6,8-11,21-22H,3-4,7H2,(H2,20,24). The lowest BCUT2D eigenvalue weighted by Crippen LogP contribution is -2.16. The first-order valence-electron chi connectivity index (χ1n) is 7.77. The second kappa shape index (κ2) is 6.58. The number of aromatic amines is 1. The van der Waals surface area contributed by atoms with Crippen molar-refractivity contribution in [3.05, 3.63) is 65.4 Å². The van der Waals surface area contributed by atoms with Gasteiger partial charge in [0.15, 0.2) is 5.78 Å². The highest BCUT2D eigenvalue weighted by Gasteiger charge is 2.14. The summed E-state index contributed by atoms with van der Waals surface area (Å²) < 4.78 is 0. The Kier molecular flexibility index (Phi) is 4.33. The number of aryl methyl sites for hydroxylation is 1. The van der Waals surface area contributed by atoms with Crippen LogP contribution in [0.15, 0.2) is 48.7 Å². The molecule has 1 amide bonds. The van der Waals surface area contributed by atoms with Crippen molar-refractivity contribution >= 4 is 22.6 Å². The third kappa shape index (κ3) is 3.15. The number of fused-ring (bicyclic) bond motifs is 1. The van der Waals surface area contributed by atoms with E-state index >= 15 is 0 Å². The molecule has 24 heavy (non-hydrogen) atoms. The number of hydrogen-bond donors (Lipinski definition) is 3. The minimum atomic E-state index is -0.592. The number of nitrogens with two attached hydrogens (primary N) is 1. The molecule has 5 nitrogen and oxygen atoms in total. The van der Waals surface area contributed by atoms with Gasteiger partial charge in [0, 0.05) is 34.6 Å². The third-order valence-corrected chi connectivity index (χ3v) is 4.09. The van der Waals surface area contributed by atoms with Crippen LogP contribution in [0.1, 0.15) is 39.1 Å². The Morgan fingerprint density at radius 2 is 1.83 bits per heavy atom. The Bertz CT molecular complexity index is 912. The highest BCUT2D eigenvalue weighted by molar-refractivity contribution is 6.07. The molecule has 0 aliphatic carbocycles. The Labute approximate surface area is 139 Å². The number of primary amides is 1. The second-order valence-electron chi connectivity index (χ2n) is 5.73. The number of H-pyrrole nitrogens is 1. The van der Waals surface area contributed by atoms with E-state index in [9.17, 15) is 14.7 Å². The van der Waals surface area contributed by atoms with Gasteiger partial charge in [0.25, 0.3) is 0 Å². The summed E-state index contributed by atoms with van der Waals surface area (Å²) in [6.45, 7) is 0. The number of hydrogen-bond acceptors (Lipinski definition) is 3. The molecule has 4 N–H and O–H groups in total. The predicted octanol–water partition coefficient (Wildman–Crippen LogP) is 3.18. The van der Waals surface area contributed by atoms with E-state index in [1.165, 1.54) is 0 Å². The molecule has 0 radical (unpaired) electrons. The fraction of sp³-hybridized carbons (Fsp3) is 0.158. The summed E-state index contributed by atoms with van der Waals surface area (Å²) >= 11 is 0. The fourth-order valence-electron chi connectivity index (χ4n) is 2.89. The molecule has 0 saturated carbocycles. The van der Waals surface area contributed by atoms with E-state index in [-0.39, 0.29) is 17.1 Å². The van der Waals surface area contributed by atoms with Crippen molar-refractivity contribution in [2.24, 2.45) is 5.73 Å². The van der Waals surface area contributed by atoms with Gasteiger partial charge in [-0.2, -0.15) is 0 Å². The molecule has 0 spiro atoms. The highest BCUT2D eigenvalue weighted by atomic mass is 16.3. The van der Waals surface area contributed by atoms with E-state index < -0.39 is 5.91 Å². The zero-order chi connectivity index (χ0) is 17.1. The zero-order valence-corrected chi connectivity index (χ0v) is 13.1. The van der Waals surface area contributed by atoms with E-state index in [0.717, 1.165) is 16.5 Å². The SMILES string of the molecule is NC(=O)c1ccccc1C(=O)CCCc1c[nH]c2ccc(O)cc12. The fourth-order valence-corrected chi connectivity index (χ4v) is 2.89. The average molecular weight is 322 g/mol. The summed E-state index contributed by atoms with van der Waals surface area (Å²) in [5, 5.41) is 10.6. The minimum Gasteiger partial charge on any atom is -0.508 e. The summed E-state index contributed by atoms with van der Waals surface area (Å²) in [5.41, 5.74) is 7.96. The maximum absolute atomic E-state index is 12.4. The lowest BCUT2D eigenvalue weighted by molar-refractivity contribution is 0.0955. The Balaban J connectivity index is 1.69. The van der Waals surface area contributed by atoms with Gasteiger partial charge >= 0.3 is 0 Å². The number of aromatic hydroxyl groups is 1. The van der Waals surface area contributed by atoms with Gasteiger partial charge in [-0.15, -0.1) is 0 Å². The number of aromatic nitrogens is 1. The van der Waals surface area contributed by atoms with Crippen LogP contribution < -0.4 is 5.73 Å². The van der Waals surface area contributed by atoms with Gasteiger partial charge in [-0.05, 0) is 42.7 Å². The van der Waals surface area contributed by atoms with Crippen LogP contribution in [-0.2, 0) is 6.42 Å². The molecule has 122 valence electrons. The molecule has 0 unspecified atom stereocenters. The molecule has 0 aliphatic heterocycles. The first-order chi connectivity index (χ1) is 11.6. The maximum Gasteiger partial charge on any atom is 0.249 e. The summed E-state index contributed by atoms with van der Waals surface area (Å²) in [5.74, 6) is -0.465. The molecule has 1 heterocycles. The molecule has 3 rings (SSSR count). The van der Waals surface area contributed by atoms with Gasteiger partial charge in [-0.1, -0.05) is 18.2 Å². The number of amides is 1. The molecule has 1 aromatic heterocycles. The molecule has 0 fully saturated rings. The third-order valence-electron chi connectivity index (χ3n) is 4.09. The van der Waals surface area contributed by atoms with Crippen molar-refractivity contribution in [1.29, 1.82) is 0 Å². The van der Waals surface area contributed by atoms with E-state index in [1.54, 1.807) is 36.4 Å². The number of Topliss-reactive ketones (excluding diaryl/α,β-unsaturated/α-hetero) is 1. The molecular weight excluding hydrogens is 304 g/mol. The number of carbonyl (C=O) groups is 2. The van der Waals surface area contributed by atoms with Crippen molar-refractivity contribution in [3.63, 3.8) is 0 Å². The highest BCUT2D eigenvalue weighted by Crippen LogP contribution is 2.24. The number of benzene rings is 2. The largest absolute Gasteiger partial charge is 0.508 e. The van der Waals surface area contributed by atoms with Crippen LogP contribution in [0.3, 0.4) is 0 Å². The summed E-state index contributed by atoms with van der Waals surface area (Å²) in [6.07, 6.45) is 3.57. The van der Waals surface area contributed by atoms with Crippen LogP contribution in [0.4, 0.5) is 0 Å². The van der Waals surface area contributed by atoms with Crippen molar-refractivity contribution in [2.75, 3.05) is 0 Å². The summed E-state index contributed by atoms with van der Waals surface area (Å²) in [6, 6.07) is 11.8. The maximum atomic E-state index is 12.4. The number of phenolic OH excluding ortho intramolecular Hbond substituents is 1. The molecule has 3 aromatic rings. The van der Waals surface area contributed by atoms with Gasteiger partial charge in [0.05, 0.1) is 0 Å². The summed E-state index contributed by atoms with van der Waals surface area (Å²) in [7, 11) is 0. The van der Waals surface area contributed by atoms with Crippen LogP contribution in [0.5, 0.6) is 5.75 Å². The number of phenols is 1. The average Bonchev–Trinajstić information content (AvgIpc) is 2.97. The van der Waals surface area contributed by atoms with Crippen molar-refractivity contribution in [1.82, 2.24) is 4.98 Å². The smallest absolute Gasteiger partial charge is 0.249 e. The van der Waals surface area contributed by atoms with Gasteiger partial charge < -0.3 is 15.8 Å². The van der Waals surface area contributed by atoms with Crippen LogP contribution in [0.25, 0.3) is 10.9 Å². The van der Waals surface area contributed by atoms with Crippen LogP contribution in [0, 0.1) is 0 Å². The minimum absolute atomic E-state index is 0.0907. The number of rotatable bonds is 6. The second-order valence-corrected chi connectivity index (χ2v) is 5.73. The quantitative estimate of drug-likeness (QED) is 0.608. The normalized spacial score (nSPS) is 10.8.